The van der Waals surface area contributed by atoms with Gasteiger partial charge in [-0.1, -0.05) is 0 Å². The third-order valence-electron chi connectivity index (χ3n) is 4.38. The summed E-state index contributed by atoms with van der Waals surface area (Å²) in [6.07, 6.45) is 2.02. The molecular formula is C18H20FN5. The average Bonchev–Trinajstić information content (AvgIpc) is 3.05. The van der Waals surface area contributed by atoms with Gasteiger partial charge in [-0.3, -0.25) is 4.90 Å². The zero-order valence-electron chi connectivity index (χ0n) is 13.9. The monoisotopic (exact) mass is 325 g/mol. The molecule has 1 aliphatic rings. The maximum absolute atomic E-state index is 14.1. The van der Waals surface area contributed by atoms with E-state index < -0.39 is 0 Å². The van der Waals surface area contributed by atoms with Crippen LogP contribution in [0.25, 0.3) is 0 Å². The lowest BCUT2D eigenvalue weighted by Gasteiger charge is -2.24. The zero-order chi connectivity index (χ0) is 17.1. The molecule has 1 fully saturated rings. The standard InChI is InChI=1S/C18H20FN5/c1-23(2)18-8-7-16(21-22-18)17-4-3-9-24(17)12-14-10-13(11-20)5-6-15(14)19/h5-8,10,17H,3-4,9,12H2,1-2H3. The summed E-state index contributed by atoms with van der Waals surface area (Å²) in [4.78, 5) is 4.12. The number of hydrogen-bond donors (Lipinski definition) is 0. The van der Waals surface area contributed by atoms with E-state index in [0.717, 1.165) is 30.9 Å². The molecule has 0 bridgehead atoms. The van der Waals surface area contributed by atoms with Crippen LogP contribution in [0.1, 0.15) is 35.7 Å². The van der Waals surface area contributed by atoms with E-state index in [-0.39, 0.29) is 11.9 Å². The fraction of sp³-hybridized carbons (Fsp3) is 0.389. The van der Waals surface area contributed by atoms with Crippen LogP contribution in [-0.2, 0) is 6.54 Å². The SMILES string of the molecule is CN(C)c1ccc(C2CCCN2Cc2cc(C#N)ccc2F)nn1. The Bertz CT molecular complexity index is 751. The number of likely N-dealkylation sites (tertiary alicyclic amines) is 1. The minimum atomic E-state index is -0.270. The molecule has 0 spiro atoms. The summed E-state index contributed by atoms with van der Waals surface area (Å²) in [6.45, 7) is 1.36. The van der Waals surface area contributed by atoms with Crippen molar-refractivity contribution in [2.24, 2.45) is 0 Å². The Labute approximate surface area is 141 Å². The van der Waals surface area contributed by atoms with Gasteiger partial charge in [0.25, 0.3) is 0 Å². The number of halogens is 1. The second kappa shape index (κ2) is 6.93. The van der Waals surface area contributed by atoms with Gasteiger partial charge in [0.1, 0.15) is 5.82 Å². The molecule has 2 heterocycles. The van der Waals surface area contributed by atoms with E-state index in [2.05, 4.69) is 21.2 Å². The van der Waals surface area contributed by atoms with Gasteiger partial charge in [-0.25, -0.2) is 4.39 Å². The zero-order valence-corrected chi connectivity index (χ0v) is 13.9. The third kappa shape index (κ3) is 3.36. The number of nitriles is 1. The van der Waals surface area contributed by atoms with Crippen molar-refractivity contribution in [3.8, 4) is 6.07 Å². The van der Waals surface area contributed by atoms with Crippen molar-refractivity contribution in [1.82, 2.24) is 15.1 Å². The van der Waals surface area contributed by atoms with Crippen molar-refractivity contribution in [1.29, 1.82) is 5.26 Å². The van der Waals surface area contributed by atoms with Crippen molar-refractivity contribution in [3.63, 3.8) is 0 Å². The van der Waals surface area contributed by atoms with Gasteiger partial charge < -0.3 is 4.90 Å². The van der Waals surface area contributed by atoms with Crippen molar-refractivity contribution in [2.75, 3.05) is 25.5 Å². The molecule has 1 atom stereocenters. The second-order valence-corrected chi connectivity index (χ2v) is 6.26. The third-order valence-corrected chi connectivity index (χ3v) is 4.38. The Balaban J connectivity index is 1.80. The molecule has 0 saturated carbocycles. The first-order chi connectivity index (χ1) is 11.6. The van der Waals surface area contributed by atoms with Crippen LogP contribution in [0.5, 0.6) is 0 Å². The molecule has 6 heteroatoms. The summed E-state index contributed by atoms with van der Waals surface area (Å²) >= 11 is 0. The Morgan fingerprint density at radius 2 is 2.12 bits per heavy atom. The second-order valence-electron chi connectivity index (χ2n) is 6.26. The fourth-order valence-electron chi connectivity index (χ4n) is 3.09. The number of hydrogen-bond acceptors (Lipinski definition) is 5. The largest absolute Gasteiger partial charge is 0.361 e. The summed E-state index contributed by atoms with van der Waals surface area (Å²) in [5.41, 5.74) is 1.95. The summed E-state index contributed by atoms with van der Waals surface area (Å²) in [7, 11) is 3.85. The Morgan fingerprint density at radius 1 is 1.29 bits per heavy atom. The lowest BCUT2D eigenvalue weighted by atomic mass is 10.1. The van der Waals surface area contributed by atoms with Crippen molar-refractivity contribution in [3.05, 3.63) is 53.0 Å². The first-order valence-corrected chi connectivity index (χ1v) is 8.02. The number of nitrogens with zero attached hydrogens (tertiary/aromatic N) is 5. The van der Waals surface area contributed by atoms with Crippen LogP contribution >= 0.6 is 0 Å². The quantitative estimate of drug-likeness (QED) is 0.865. The smallest absolute Gasteiger partial charge is 0.150 e. The minimum Gasteiger partial charge on any atom is -0.361 e. The molecule has 1 saturated heterocycles. The fourth-order valence-corrected chi connectivity index (χ4v) is 3.09. The number of aromatic nitrogens is 2. The Kier molecular flexibility index (Phi) is 4.72. The van der Waals surface area contributed by atoms with E-state index >= 15 is 0 Å². The molecule has 24 heavy (non-hydrogen) atoms. The van der Waals surface area contributed by atoms with Crippen LogP contribution in [0.2, 0.25) is 0 Å². The number of anilines is 1. The minimum absolute atomic E-state index is 0.138. The first-order valence-electron chi connectivity index (χ1n) is 8.02. The van der Waals surface area contributed by atoms with Gasteiger partial charge in [0.15, 0.2) is 5.82 Å². The molecule has 0 amide bonds. The first kappa shape index (κ1) is 16.3. The molecule has 1 aromatic carbocycles. The van der Waals surface area contributed by atoms with Gasteiger partial charge in [-0.05, 0) is 49.7 Å². The van der Waals surface area contributed by atoms with Crippen LogP contribution in [0.15, 0.2) is 30.3 Å². The predicted octanol–water partition coefficient (Wildman–Crippen LogP) is 2.89. The number of rotatable bonds is 4. The molecule has 1 unspecified atom stereocenters. The molecule has 2 aromatic rings. The van der Waals surface area contributed by atoms with Crippen LogP contribution in [0.4, 0.5) is 10.2 Å². The summed E-state index contributed by atoms with van der Waals surface area (Å²) in [6, 6.07) is 10.7. The van der Waals surface area contributed by atoms with Crippen LogP contribution in [0.3, 0.4) is 0 Å². The molecule has 0 aliphatic carbocycles. The lowest BCUT2D eigenvalue weighted by Crippen LogP contribution is -2.24. The normalized spacial score (nSPS) is 17.7. The average molecular weight is 325 g/mol. The lowest BCUT2D eigenvalue weighted by molar-refractivity contribution is 0.240. The van der Waals surface area contributed by atoms with E-state index in [1.807, 2.05) is 31.1 Å². The highest BCUT2D eigenvalue weighted by Crippen LogP contribution is 2.32. The highest BCUT2D eigenvalue weighted by Gasteiger charge is 2.28. The molecule has 1 aliphatic heterocycles. The van der Waals surface area contributed by atoms with Crippen LogP contribution < -0.4 is 4.90 Å². The molecular weight excluding hydrogens is 305 g/mol. The van der Waals surface area contributed by atoms with Gasteiger partial charge in [0, 0.05) is 26.2 Å². The van der Waals surface area contributed by atoms with Crippen molar-refractivity contribution < 1.29 is 4.39 Å². The molecule has 124 valence electrons. The van der Waals surface area contributed by atoms with E-state index in [1.165, 1.54) is 12.1 Å². The topological polar surface area (TPSA) is 56.0 Å². The number of benzene rings is 1. The molecule has 0 N–H and O–H groups in total. The highest BCUT2D eigenvalue weighted by molar-refractivity contribution is 5.36. The maximum atomic E-state index is 14.1. The van der Waals surface area contributed by atoms with Gasteiger partial charge in [-0.2, -0.15) is 10.4 Å². The van der Waals surface area contributed by atoms with Crippen LogP contribution in [-0.4, -0.2) is 35.7 Å². The highest BCUT2D eigenvalue weighted by atomic mass is 19.1. The van der Waals surface area contributed by atoms with Crippen molar-refractivity contribution in [2.45, 2.75) is 25.4 Å². The molecule has 1 aromatic heterocycles. The van der Waals surface area contributed by atoms with Crippen LogP contribution in [0, 0.1) is 17.1 Å². The van der Waals surface area contributed by atoms with E-state index in [0.29, 0.717) is 17.7 Å². The Hall–Kier alpha value is -2.52. The Morgan fingerprint density at radius 3 is 2.79 bits per heavy atom. The molecule has 3 rings (SSSR count). The molecule has 5 nitrogen and oxygen atoms in total. The molecule has 0 radical (unpaired) electrons. The van der Waals surface area contributed by atoms with Gasteiger partial charge in [0.2, 0.25) is 0 Å². The van der Waals surface area contributed by atoms with E-state index in [1.54, 1.807) is 6.07 Å². The van der Waals surface area contributed by atoms with E-state index in [4.69, 9.17) is 5.26 Å². The predicted molar refractivity (Wildman–Crippen MR) is 89.9 cm³/mol. The van der Waals surface area contributed by atoms with E-state index in [9.17, 15) is 4.39 Å². The maximum Gasteiger partial charge on any atom is 0.150 e. The van der Waals surface area contributed by atoms with Gasteiger partial charge >= 0.3 is 0 Å². The van der Waals surface area contributed by atoms with Crippen molar-refractivity contribution >= 4 is 5.82 Å². The van der Waals surface area contributed by atoms with Gasteiger partial charge in [0.05, 0.1) is 23.4 Å². The summed E-state index contributed by atoms with van der Waals surface area (Å²) in [5, 5.41) is 17.6. The summed E-state index contributed by atoms with van der Waals surface area (Å²) < 4.78 is 14.1. The summed E-state index contributed by atoms with van der Waals surface area (Å²) in [5.74, 6) is 0.546. The van der Waals surface area contributed by atoms with Gasteiger partial charge in [-0.15, -0.1) is 5.10 Å².